The van der Waals surface area contributed by atoms with E-state index in [4.69, 9.17) is 0 Å². The molecule has 12 heteroatoms. The number of amides is 2. The number of aryl methyl sites for hydroxylation is 1. The molecule has 1 atom stereocenters. The highest BCUT2D eigenvalue weighted by molar-refractivity contribution is 8.00. The van der Waals surface area contributed by atoms with Gasteiger partial charge in [-0.2, -0.15) is 18.3 Å². The maximum atomic E-state index is 13.1. The standard InChI is InChI=1S/C18H15F3N6O2S/c1-9(30-16-11-6-24-26(2)15(11)22-8-23-16)17(29)27-7-14(28)25-12-5-10(18(19,20)21)3-4-13(12)27/h3-6,8-9H,7H2,1-2H3,(H,25,28). The van der Waals surface area contributed by atoms with Crippen molar-refractivity contribution < 1.29 is 22.8 Å². The lowest BCUT2D eigenvalue weighted by Crippen LogP contribution is -2.45. The molecule has 1 aliphatic rings. The number of fused-ring (bicyclic) bond motifs is 2. The summed E-state index contributed by atoms with van der Waals surface area (Å²) in [5.41, 5.74) is -0.134. The summed E-state index contributed by atoms with van der Waals surface area (Å²) in [4.78, 5) is 34.7. The average molecular weight is 436 g/mol. The number of nitrogens with one attached hydrogen (secondary N) is 1. The van der Waals surface area contributed by atoms with E-state index in [2.05, 4.69) is 20.4 Å². The van der Waals surface area contributed by atoms with E-state index < -0.39 is 28.8 Å². The summed E-state index contributed by atoms with van der Waals surface area (Å²) in [7, 11) is 1.73. The lowest BCUT2D eigenvalue weighted by Gasteiger charge is -2.31. The number of alkyl halides is 3. The van der Waals surface area contributed by atoms with Gasteiger partial charge in [-0.05, 0) is 25.1 Å². The van der Waals surface area contributed by atoms with Crippen molar-refractivity contribution in [2.45, 2.75) is 23.4 Å². The van der Waals surface area contributed by atoms with Crippen LogP contribution in [0.15, 0.2) is 35.7 Å². The molecule has 3 aromatic rings. The van der Waals surface area contributed by atoms with Crippen LogP contribution in [0, 0.1) is 0 Å². The highest BCUT2D eigenvalue weighted by atomic mass is 32.2. The van der Waals surface area contributed by atoms with Gasteiger partial charge in [0.1, 0.15) is 17.9 Å². The van der Waals surface area contributed by atoms with E-state index in [9.17, 15) is 22.8 Å². The largest absolute Gasteiger partial charge is 0.416 e. The smallest absolute Gasteiger partial charge is 0.323 e. The molecule has 156 valence electrons. The van der Waals surface area contributed by atoms with Crippen LogP contribution in [0.1, 0.15) is 12.5 Å². The Morgan fingerprint density at radius 2 is 2.07 bits per heavy atom. The van der Waals surface area contributed by atoms with Crippen molar-refractivity contribution >= 4 is 46.0 Å². The Kier molecular flexibility index (Phi) is 4.88. The molecule has 2 aromatic heterocycles. The van der Waals surface area contributed by atoms with Crippen LogP contribution in [-0.2, 0) is 22.8 Å². The molecule has 0 aliphatic carbocycles. The zero-order valence-electron chi connectivity index (χ0n) is 15.8. The first-order chi connectivity index (χ1) is 14.1. The van der Waals surface area contributed by atoms with Gasteiger partial charge in [0, 0.05) is 7.05 Å². The van der Waals surface area contributed by atoms with Crippen LogP contribution in [0.4, 0.5) is 24.5 Å². The van der Waals surface area contributed by atoms with E-state index >= 15 is 0 Å². The van der Waals surface area contributed by atoms with Crippen molar-refractivity contribution in [3.8, 4) is 0 Å². The summed E-state index contributed by atoms with van der Waals surface area (Å²) < 4.78 is 40.6. The molecule has 0 saturated carbocycles. The van der Waals surface area contributed by atoms with E-state index in [1.165, 1.54) is 17.3 Å². The van der Waals surface area contributed by atoms with Gasteiger partial charge in [-0.15, -0.1) is 0 Å². The Morgan fingerprint density at radius 3 is 2.80 bits per heavy atom. The minimum Gasteiger partial charge on any atom is -0.323 e. The van der Waals surface area contributed by atoms with E-state index in [1.54, 1.807) is 24.9 Å². The highest BCUT2D eigenvalue weighted by Crippen LogP contribution is 2.38. The Bertz CT molecular complexity index is 1160. The Hall–Kier alpha value is -3.15. The highest BCUT2D eigenvalue weighted by Gasteiger charge is 2.35. The third-order valence-electron chi connectivity index (χ3n) is 4.59. The Balaban J connectivity index is 1.62. The number of benzene rings is 1. The fraction of sp³-hybridized carbons (Fsp3) is 0.278. The van der Waals surface area contributed by atoms with Crippen LogP contribution < -0.4 is 10.2 Å². The minimum atomic E-state index is -4.56. The maximum Gasteiger partial charge on any atom is 0.416 e. The Morgan fingerprint density at radius 1 is 1.30 bits per heavy atom. The molecular weight excluding hydrogens is 421 g/mol. The fourth-order valence-electron chi connectivity index (χ4n) is 3.13. The molecule has 1 N–H and O–H groups in total. The van der Waals surface area contributed by atoms with Gasteiger partial charge in [0.2, 0.25) is 11.8 Å². The molecule has 30 heavy (non-hydrogen) atoms. The number of nitrogens with zero attached hydrogens (tertiary/aromatic N) is 5. The quantitative estimate of drug-likeness (QED) is 0.501. The van der Waals surface area contributed by atoms with Crippen molar-refractivity contribution in [2.75, 3.05) is 16.8 Å². The van der Waals surface area contributed by atoms with Gasteiger partial charge < -0.3 is 5.32 Å². The van der Waals surface area contributed by atoms with Gasteiger partial charge >= 0.3 is 6.18 Å². The van der Waals surface area contributed by atoms with Gasteiger partial charge in [0.25, 0.3) is 0 Å². The van der Waals surface area contributed by atoms with Gasteiger partial charge in [-0.1, -0.05) is 11.8 Å². The van der Waals surface area contributed by atoms with E-state index in [1.807, 2.05) is 0 Å². The normalized spacial score (nSPS) is 15.1. The second-order valence-electron chi connectivity index (χ2n) is 6.65. The molecule has 0 saturated heterocycles. The first kappa shape index (κ1) is 20.1. The third-order valence-corrected chi connectivity index (χ3v) is 5.69. The van der Waals surface area contributed by atoms with Crippen molar-refractivity contribution in [1.82, 2.24) is 19.7 Å². The van der Waals surface area contributed by atoms with Crippen molar-refractivity contribution in [1.29, 1.82) is 0 Å². The number of thioether (sulfide) groups is 1. The SMILES string of the molecule is CC(Sc1ncnc2c1cnn2C)C(=O)N1CC(=O)Nc2cc(C(F)(F)F)ccc21. The molecule has 4 rings (SSSR count). The number of hydrogen-bond donors (Lipinski definition) is 1. The molecule has 1 unspecified atom stereocenters. The molecule has 0 bridgehead atoms. The summed E-state index contributed by atoms with van der Waals surface area (Å²) in [6.07, 6.45) is -1.60. The van der Waals surface area contributed by atoms with E-state index in [-0.39, 0.29) is 17.9 Å². The second kappa shape index (κ2) is 7.27. The molecule has 0 spiro atoms. The van der Waals surface area contributed by atoms with Crippen LogP contribution in [0.2, 0.25) is 0 Å². The number of rotatable bonds is 3. The Labute approximate surface area is 172 Å². The average Bonchev–Trinajstić information content (AvgIpc) is 3.07. The minimum absolute atomic E-state index is 0.0525. The monoisotopic (exact) mass is 436 g/mol. The molecule has 1 aliphatic heterocycles. The molecule has 1 aromatic carbocycles. The van der Waals surface area contributed by atoms with Crippen LogP contribution >= 0.6 is 11.8 Å². The molecule has 0 fully saturated rings. The number of aromatic nitrogens is 4. The summed E-state index contributed by atoms with van der Waals surface area (Å²) in [5.74, 6) is -0.990. The molecular formula is C18H15F3N6O2S. The first-order valence-electron chi connectivity index (χ1n) is 8.77. The van der Waals surface area contributed by atoms with Crippen molar-refractivity contribution in [2.24, 2.45) is 7.05 Å². The van der Waals surface area contributed by atoms with Gasteiger partial charge in [0.15, 0.2) is 5.65 Å². The molecule has 0 radical (unpaired) electrons. The predicted molar refractivity (Wildman–Crippen MR) is 104 cm³/mol. The predicted octanol–water partition coefficient (Wildman–Crippen LogP) is 2.85. The van der Waals surface area contributed by atoms with Crippen LogP contribution in [-0.4, -0.2) is 43.4 Å². The summed E-state index contributed by atoms with van der Waals surface area (Å²) >= 11 is 1.16. The van der Waals surface area contributed by atoms with Gasteiger partial charge in [-0.3, -0.25) is 19.2 Å². The summed E-state index contributed by atoms with van der Waals surface area (Å²) in [6.45, 7) is 1.36. The van der Waals surface area contributed by atoms with Crippen LogP contribution in [0.5, 0.6) is 0 Å². The van der Waals surface area contributed by atoms with Crippen LogP contribution in [0.25, 0.3) is 11.0 Å². The summed E-state index contributed by atoms with van der Waals surface area (Å²) in [5, 5.41) is 7.09. The lowest BCUT2D eigenvalue weighted by atomic mass is 10.1. The van der Waals surface area contributed by atoms with Crippen molar-refractivity contribution in [3.63, 3.8) is 0 Å². The van der Waals surface area contributed by atoms with Crippen LogP contribution in [0.3, 0.4) is 0 Å². The van der Waals surface area contributed by atoms with Gasteiger partial charge in [-0.25, -0.2) is 9.97 Å². The number of carbonyl (C=O) groups is 2. The first-order valence-corrected chi connectivity index (χ1v) is 9.65. The topological polar surface area (TPSA) is 93.0 Å². The number of hydrogen-bond acceptors (Lipinski definition) is 6. The van der Waals surface area contributed by atoms with Crippen molar-refractivity contribution in [3.05, 3.63) is 36.3 Å². The second-order valence-corrected chi connectivity index (χ2v) is 7.98. The third kappa shape index (κ3) is 3.58. The van der Waals surface area contributed by atoms with Gasteiger partial charge in [0.05, 0.1) is 33.8 Å². The fourth-order valence-corrected chi connectivity index (χ4v) is 4.08. The number of halogens is 3. The number of anilines is 2. The zero-order valence-corrected chi connectivity index (χ0v) is 16.6. The maximum absolute atomic E-state index is 13.1. The molecule has 2 amide bonds. The molecule has 3 heterocycles. The lowest BCUT2D eigenvalue weighted by molar-refractivity contribution is -0.137. The van der Waals surface area contributed by atoms with E-state index in [0.717, 1.165) is 23.9 Å². The number of carbonyl (C=O) groups excluding carboxylic acids is 2. The zero-order chi connectivity index (χ0) is 21.6. The summed E-state index contributed by atoms with van der Waals surface area (Å²) in [6, 6.07) is 2.91. The molecule has 8 nitrogen and oxygen atoms in total. The van der Waals surface area contributed by atoms with E-state index in [0.29, 0.717) is 16.1 Å².